The van der Waals surface area contributed by atoms with Gasteiger partial charge in [-0.1, -0.05) is 18.2 Å². The van der Waals surface area contributed by atoms with E-state index in [2.05, 4.69) is 11.9 Å². The van der Waals surface area contributed by atoms with E-state index in [0.29, 0.717) is 0 Å². The van der Waals surface area contributed by atoms with Gasteiger partial charge in [0.15, 0.2) is 6.10 Å². The largest absolute Gasteiger partial charge is 0.463 e. The SMILES string of the molecule is C=CCOC1C(NC(=O)c2ccccc2N)[C@H](OC(C)=O)OC(COC(C)=O)[C@@H]1OC(C)=O. The highest BCUT2D eigenvalue weighted by Crippen LogP contribution is 2.28. The van der Waals surface area contributed by atoms with E-state index in [1.54, 1.807) is 18.2 Å². The van der Waals surface area contributed by atoms with Crippen LogP contribution in [0.1, 0.15) is 31.1 Å². The maximum atomic E-state index is 13.0. The molecule has 1 aromatic carbocycles. The predicted octanol–water partition coefficient (Wildman–Crippen LogP) is 0.721. The molecule has 3 N–H and O–H groups in total. The third-order valence-electron chi connectivity index (χ3n) is 4.59. The van der Waals surface area contributed by atoms with Gasteiger partial charge in [0.25, 0.3) is 5.91 Å². The molecular formula is C22H28N2O9. The molecule has 1 heterocycles. The quantitative estimate of drug-likeness (QED) is 0.231. The van der Waals surface area contributed by atoms with E-state index in [4.69, 9.17) is 29.4 Å². The first kappa shape index (κ1) is 25.8. The Kier molecular flexibility index (Phi) is 9.37. The minimum absolute atomic E-state index is 0.00928. The Morgan fingerprint density at radius 1 is 1.06 bits per heavy atom. The van der Waals surface area contributed by atoms with Crippen LogP contribution in [0.4, 0.5) is 5.69 Å². The molecule has 5 atom stereocenters. The van der Waals surface area contributed by atoms with Gasteiger partial charge in [0, 0.05) is 26.5 Å². The molecule has 0 saturated carbocycles. The van der Waals surface area contributed by atoms with E-state index in [9.17, 15) is 19.2 Å². The Hall–Kier alpha value is -3.44. The molecule has 1 aliphatic rings. The number of carbonyl (C=O) groups excluding carboxylic acids is 4. The summed E-state index contributed by atoms with van der Waals surface area (Å²) in [6.07, 6.45) is -3.12. The lowest BCUT2D eigenvalue weighted by Crippen LogP contribution is -2.66. The van der Waals surface area contributed by atoms with Crippen LogP contribution in [0.25, 0.3) is 0 Å². The van der Waals surface area contributed by atoms with Crippen molar-refractivity contribution in [3.63, 3.8) is 0 Å². The molecule has 0 bridgehead atoms. The van der Waals surface area contributed by atoms with Crippen LogP contribution in [-0.2, 0) is 38.1 Å². The monoisotopic (exact) mass is 464 g/mol. The van der Waals surface area contributed by atoms with Crippen LogP contribution in [0.5, 0.6) is 0 Å². The standard InChI is InChI=1S/C22H28N2O9/c1-5-10-29-20-18(24-21(28)15-8-6-7-9-16(15)23)22(32-14(4)27)33-17(11-30-12(2)25)19(20)31-13(3)26/h5-9,17-20,22H,1,10-11,23H2,2-4H3,(H,24,28)/t17?,18?,19-,20?,22+/m0/s1. The number of para-hydroxylation sites is 1. The van der Waals surface area contributed by atoms with Crippen LogP contribution in [0.3, 0.4) is 0 Å². The van der Waals surface area contributed by atoms with E-state index >= 15 is 0 Å². The van der Waals surface area contributed by atoms with Crippen LogP contribution in [-0.4, -0.2) is 67.7 Å². The summed E-state index contributed by atoms with van der Waals surface area (Å²) >= 11 is 0. The second-order valence-electron chi connectivity index (χ2n) is 7.20. The zero-order valence-corrected chi connectivity index (χ0v) is 18.6. The first-order valence-corrected chi connectivity index (χ1v) is 10.1. The highest BCUT2D eigenvalue weighted by atomic mass is 16.7. The minimum Gasteiger partial charge on any atom is -0.463 e. The number of esters is 3. The van der Waals surface area contributed by atoms with Crippen LogP contribution in [0.2, 0.25) is 0 Å². The van der Waals surface area contributed by atoms with Crippen molar-refractivity contribution in [3.05, 3.63) is 42.5 Å². The van der Waals surface area contributed by atoms with Crippen molar-refractivity contribution in [1.82, 2.24) is 5.32 Å². The fourth-order valence-electron chi connectivity index (χ4n) is 3.30. The summed E-state index contributed by atoms with van der Waals surface area (Å²) in [5.41, 5.74) is 6.30. The smallest absolute Gasteiger partial charge is 0.305 e. The van der Waals surface area contributed by atoms with Crippen molar-refractivity contribution < 1.29 is 42.9 Å². The van der Waals surface area contributed by atoms with Crippen LogP contribution in [0, 0.1) is 0 Å². The molecule has 0 aromatic heterocycles. The molecule has 33 heavy (non-hydrogen) atoms. The first-order valence-electron chi connectivity index (χ1n) is 10.1. The molecule has 0 aliphatic carbocycles. The van der Waals surface area contributed by atoms with Crippen molar-refractivity contribution >= 4 is 29.5 Å². The summed E-state index contributed by atoms with van der Waals surface area (Å²) < 4.78 is 27.3. The van der Waals surface area contributed by atoms with E-state index in [1.165, 1.54) is 26.0 Å². The number of benzene rings is 1. The van der Waals surface area contributed by atoms with Crippen LogP contribution < -0.4 is 11.1 Å². The second-order valence-corrected chi connectivity index (χ2v) is 7.20. The number of amides is 1. The van der Waals surface area contributed by atoms with Crippen molar-refractivity contribution in [3.8, 4) is 0 Å². The topological polar surface area (TPSA) is 152 Å². The lowest BCUT2D eigenvalue weighted by atomic mass is 9.95. The summed E-state index contributed by atoms with van der Waals surface area (Å²) in [7, 11) is 0. The summed E-state index contributed by atoms with van der Waals surface area (Å²) in [5.74, 6) is -2.54. The highest BCUT2D eigenvalue weighted by Gasteiger charge is 2.51. The number of nitrogens with one attached hydrogen (secondary N) is 1. The van der Waals surface area contributed by atoms with Crippen molar-refractivity contribution in [1.29, 1.82) is 0 Å². The fraction of sp³-hybridized carbons (Fsp3) is 0.455. The average molecular weight is 464 g/mol. The normalized spacial score (nSPS) is 24.3. The minimum atomic E-state index is -1.35. The first-order chi connectivity index (χ1) is 15.6. The molecule has 1 aliphatic heterocycles. The molecule has 1 saturated heterocycles. The number of nitrogens with two attached hydrogens (primary N) is 1. The highest BCUT2D eigenvalue weighted by molar-refractivity contribution is 5.99. The summed E-state index contributed by atoms with van der Waals surface area (Å²) in [6, 6.07) is 5.26. The maximum Gasteiger partial charge on any atom is 0.305 e. The zero-order valence-electron chi connectivity index (χ0n) is 18.6. The molecule has 3 unspecified atom stereocenters. The van der Waals surface area contributed by atoms with Crippen molar-refractivity contribution in [2.45, 2.75) is 51.4 Å². The van der Waals surface area contributed by atoms with Gasteiger partial charge in [-0.15, -0.1) is 6.58 Å². The van der Waals surface area contributed by atoms with Gasteiger partial charge in [0.2, 0.25) is 6.29 Å². The fourth-order valence-corrected chi connectivity index (χ4v) is 3.30. The summed E-state index contributed by atoms with van der Waals surface area (Å²) in [5, 5.41) is 2.70. The van der Waals surface area contributed by atoms with Crippen LogP contribution >= 0.6 is 0 Å². The van der Waals surface area contributed by atoms with Gasteiger partial charge in [0.1, 0.15) is 24.9 Å². The molecule has 1 aromatic rings. The second kappa shape index (κ2) is 12.0. The number of rotatable bonds is 9. The Labute approximate surface area is 191 Å². The lowest BCUT2D eigenvalue weighted by Gasteiger charge is -2.45. The van der Waals surface area contributed by atoms with Gasteiger partial charge < -0.3 is 34.7 Å². The van der Waals surface area contributed by atoms with Gasteiger partial charge in [-0.3, -0.25) is 19.2 Å². The van der Waals surface area contributed by atoms with E-state index in [0.717, 1.165) is 6.92 Å². The number of hydrogen-bond donors (Lipinski definition) is 2. The number of ether oxygens (including phenoxy) is 5. The third-order valence-corrected chi connectivity index (χ3v) is 4.59. The Balaban J connectivity index is 2.44. The zero-order chi connectivity index (χ0) is 24.5. The molecule has 0 radical (unpaired) electrons. The molecule has 1 fully saturated rings. The molecule has 1 amide bonds. The third kappa shape index (κ3) is 7.29. The maximum absolute atomic E-state index is 13.0. The molecule has 0 spiro atoms. The van der Waals surface area contributed by atoms with Gasteiger partial charge in [-0.05, 0) is 12.1 Å². The molecule has 180 valence electrons. The van der Waals surface area contributed by atoms with E-state index in [-0.39, 0.29) is 24.5 Å². The number of carbonyl (C=O) groups is 4. The summed E-state index contributed by atoms with van der Waals surface area (Å²) in [4.78, 5) is 47.9. The van der Waals surface area contributed by atoms with Gasteiger partial charge in [-0.2, -0.15) is 0 Å². The van der Waals surface area contributed by atoms with Gasteiger partial charge in [-0.25, -0.2) is 0 Å². The summed E-state index contributed by atoms with van der Waals surface area (Å²) in [6.45, 7) is 6.84. The molecule has 11 nitrogen and oxygen atoms in total. The Morgan fingerprint density at radius 2 is 1.73 bits per heavy atom. The van der Waals surface area contributed by atoms with E-state index in [1.807, 2.05) is 0 Å². The van der Waals surface area contributed by atoms with Gasteiger partial charge >= 0.3 is 17.9 Å². The van der Waals surface area contributed by atoms with Gasteiger partial charge in [0.05, 0.1) is 12.2 Å². The van der Waals surface area contributed by atoms with Crippen LogP contribution in [0.15, 0.2) is 36.9 Å². The predicted molar refractivity (Wildman–Crippen MR) is 115 cm³/mol. The molecule has 2 rings (SSSR count). The van der Waals surface area contributed by atoms with Crippen molar-refractivity contribution in [2.75, 3.05) is 18.9 Å². The number of anilines is 1. The Bertz CT molecular complexity index is 888. The number of nitrogen functional groups attached to an aromatic ring is 1. The molecule has 11 heteroatoms. The Morgan fingerprint density at radius 3 is 2.30 bits per heavy atom. The van der Waals surface area contributed by atoms with E-state index < -0.39 is 54.5 Å². The number of hydrogen-bond acceptors (Lipinski definition) is 10. The molecular weight excluding hydrogens is 436 g/mol. The van der Waals surface area contributed by atoms with Crippen molar-refractivity contribution in [2.24, 2.45) is 0 Å². The lowest BCUT2D eigenvalue weighted by molar-refractivity contribution is -0.272. The average Bonchev–Trinajstić information content (AvgIpc) is 2.73.